The Hall–Kier alpha value is -2.95. The van der Waals surface area contributed by atoms with Gasteiger partial charge in [0.1, 0.15) is 18.2 Å². The minimum Gasteiger partial charge on any atom is -0.487 e. The van der Waals surface area contributed by atoms with E-state index in [2.05, 4.69) is 15.2 Å². The molecule has 7 nitrogen and oxygen atoms in total. The van der Waals surface area contributed by atoms with Crippen molar-refractivity contribution in [2.75, 3.05) is 37.6 Å². The molecule has 0 radical (unpaired) electrons. The Morgan fingerprint density at radius 1 is 1.06 bits per heavy atom. The summed E-state index contributed by atoms with van der Waals surface area (Å²) < 4.78 is 7.01. The summed E-state index contributed by atoms with van der Waals surface area (Å²) in [6, 6.07) is 21.7. The Morgan fingerprint density at radius 3 is 2.44 bits per heavy atom. The summed E-state index contributed by atoms with van der Waals surface area (Å²) in [6.07, 6.45) is 2.66. The van der Waals surface area contributed by atoms with E-state index in [0.29, 0.717) is 13.2 Å². The van der Waals surface area contributed by atoms with Crippen LogP contribution in [0, 0.1) is 0 Å². The average Bonchev–Trinajstić information content (AvgIpc) is 2.89. The van der Waals surface area contributed by atoms with Gasteiger partial charge < -0.3 is 14.5 Å². The molecule has 2 amide bonds. The van der Waals surface area contributed by atoms with Crippen LogP contribution in [0.2, 0.25) is 0 Å². The van der Waals surface area contributed by atoms with Gasteiger partial charge in [-0.25, -0.2) is 4.98 Å². The number of aromatic nitrogens is 1. The van der Waals surface area contributed by atoms with E-state index in [1.807, 2.05) is 73.7 Å². The summed E-state index contributed by atoms with van der Waals surface area (Å²) in [7, 11) is 0. The molecule has 1 aliphatic rings. The standard InChI is InChI=1S/C17H19N3O2.C9H10NO.Tl/c21-14-19-8-10-20(11-9-19)17-7-6-16(12-18-17)22-13-15-4-2-1-3-5-15;1-2-10-9(11)8-6-4-3-5-7-8;/h1-7,12,14H,8-11,13H2;3-4,6-7H,2H2,1H3,(H,10,11);. The first-order valence-electron chi connectivity index (χ1n) is 11.3. The molecule has 0 atom stereocenters. The molecule has 3 aromatic rings. The van der Waals surface area contributed by atoms with E-state index in [9.17, 15) is 9.59 Å². The van der Waals surface area contributed by atoms with Gasteiger partial charge >= 0.3 is 88.2 Å². The number of hydrogen-bond donors (Lipinski definition) is 1. The number of carbonyl (C=O) groups excluding carboxylic acids is 2. The summed E-state index contributed by atoms with van der Waals surface area (Å²) in [5, 5.41) is 2.77. The van der Waals surface area contributed by atoms with Gasteiger partial charge in [-0.15, -0.1) is 0 Å². The molecule has 0 bridgehead atoms. The second kappa shape index (κ2) is 13.7. The third-order valence-electron chi connectivity index (χ3n) is 5.24. The summed E-state index contributed by atoms with van der Waals surface area (Å²) in [6.45, 7) is 6.28. The minimum atomic E-state index is 0.0278. The molecule has 1 aliphatic heterocycles. The van der Waals surface area contributed by atoms with E-state index in [4.69, 9.17) is 4.74 Å². The zero-order valence-corrected chi connectivity index (χ0v) is 23.9. The number of anilines is 1. The molecule has 1 saturated heterocycles. The Bertz CT molecular complexity index is 1040. The van der Waals surface area contributed by atoms with Crippen LogP contribution >= 0.6 is 0 Å². The second-order valence-corrected chi connectivity index (χ2v) is 10.3. The van der Waals surface area contributed by atoms with E-state index in [1.165, 1.54) is 3.12 Å². The van der Waals surface area contributed by atoms with Gasteiger partial charge in [0.25, 0.3) is 0 Å². The van der Waals surface area contributed by atoms with Crippen LogP contribution < -0.4 is 18.1 Å². The monoisotopic (exact) mass is 650 g/mol. The van der Waals surface area contributed by atoms with Crippen molar-refractivity contribution < 1.29 is 14.3 Å². The molecule has 1 aromatic heterocycles. The van der Waals surface area contributed by atoms with Crippen LogP contribution in [0.5, 0.6) is 5.75 Å². The van der Waals surface area contributed by atoms with Gasteiger partial charge in [0.15, 0.2) is 0 Å². The summed E-state index contributed by atoms with van der Waals surface area (Å²) >= 11 is 0.796. The zero-order valence-electron chi connectivity index (χ0n) is 19.4. The van der Waals surface area contributed by atoms with Gasteiger partial charge in [0.2, 0.25) is 6.41 Å². The Morgan fingerprint density at radius 2 is 1.82 bits per heavy atom. The third-order valence-corrected chi connectivity index (χ3v) is 6.64. The summed E-state index contributed by atoms with van der Waals surface area (Å²) in [5.41, 5.74) is 1.91. The van der Waals surface area contributed by atoms with Crippen LogP contribution in [0.1, 0.15) is 22.8 Å². The van der Waals surface area contributed by atoms with E-state index >= 15 is 0 Å². The van der Waals surface area contributed by atoms with Crippen molar-refractivity contribution in [2.45, 2.75) is 13.5 Å². The topological polar surface area (TPSA) is 74.8 Å². The van der Waals surface area contributed by atoms with Gasteiger partial charge in [-0.2, -0.15) is 0 Å². The van der Waals surface area contributed by atoms with Crippen LogP contribution in [0.15, 0.2) is 72.9 Å². The maximum absolute atomic E-state index is 11.3. The number of rotatable bonds is 7. The fraction of sp³-hybridized carbons (Fsp3) is 0.269. The van der Waals surface area contributed by atoms with Crippen molar-refractivity contribution in [3.8, 4) is 5.75 Å². The van der Waals surface area contributed by atoms with Gasteiger partial charge in [-0.05, 0) is 17.7 Å². The van der Waals surface area contributed by atoms with Crippen LogP contribution in [0.3, 0.4) is 0 Å². The predicted octanol–water partition coefficient (Wildman–Crippen LogP) is 2.17. The molecular formula is C26H29N4O3Tl. The van der Waals surface area contributed by atoms with E-state index in [1.54, 1.807) is 11.1 Å². The first kappa shape index (κ1) is 25.7. The fourth-order valence-electron chi connectivity index (χ4n) is 3.38. The molecule has 2 aromatic carbocycles. The summed E-state index contributed by atoms with van der Waals surface area (Å²) in [4.78, 5) is 30.4. The molecule has 1 fully saturated rings. The maximum Gasteiger partial charge on any atom is 0.209 e. The SMILES string of the molecule is CCNC(=O)c1ccc[c]([Tl])c1.O=CN1CCN(c2ccc(OCc3ccccc3)cn2)CC1. The van der Waals surface area contributed by atoms with Crippen molar-refractivity contribution in [3.05, 3.63) is 84.1 Å². The Balaban J connectivity index is 0.000000229. The number of ether oxygens (including phenoxy) is 1. The average molecular weight is 650 g/mol. The molecule has 0 saturated carbocycles. The zero-order chi connectivity index (χ0) is 24.2. The molecule has 4 rings (SSSR count). The van der Waals surface area contributed by atoms with Crippen LogP contribution in [-0.4, -0.2) is 80.7 Å². The van der Waals surface area contributed by atoms with Crippen LogP contribution in [0.25, 0.3) is 0 Å². The fourth-order valence-corrected chi connectivity index (χ4v) is 4.51. The number of nitrogens with zero attached hydrogens (tertiary/aromatic N) is 3. The first-order valence-corrected chi connectivity index (χ1v) is 13.5. The van der Waals surface area contributed by atoms with Crippen molar-refractivity contribution in [1.29, 1.82) is 0 Å². The number of piperazine rings is 1. The normalized spacial score (nSPS) is 12.8. The largest absolute Gasteiger partial charge is 0.487 e. The van der Waals surface area contributed by atoms with Gasteiger partial charge in [0.05, 0.1) is 6.20 Å². The Kier molecular flexibility index (Phi) is 10.3. The number of pyridine rings is 1. The smallest absolute Gasteiger partial charge is 0.209 e. The molecule has 34 heavy (non-hydrogen) atoms. The van der Waals surface area contributed by atoms with E-state index in [-0.39, 0.29) is 5.91 Å². The van der Waals surface area contributed by atoms with Crippen LogP contribution in [0.4, 0.5) is 5.82 Å². The first-order chi connectivity index (χ1) is 16.6. The van der Waals surface area contributed by atoms with Crippen molar-refractivity contribution in [2.24, 2.45) is 0 Å². The molecule has 8 heteroatoms. The van der Waals surface area contributed by atoms with Crippen molar-refractivity contribution in [1.82, 2.24) is 15.2 Å². The number of amides is 2. The molecule has 174 valence electrons. The molecule has 2 heterocycles. The number of hydrogen-bond acceptors (Lipinski definition) is 5. The van der Waals surface area contributed by atoms with E-state index < -0.39 is 0 Å². The van der Waals surface area contributed by atoms with Gasteiger partial charge in [0, 0.05) is 26.2 Å². The molecular weight excluding hydrogens is 621 g/mol. The third kappa shape index (κ3) is 8.12. The second-order valence-electron chi connectivity index (χ2n) is 7.74. The van der Waals surface area contributed by atoms with Gasteiger partial charge in [-0.3, -0.25) is 4.79 Å². The molecule has 0 spiro atoms. The van der Waals surface area contributed by atoms with Gasteiger partial charge in [-0.1, -0.05) is 30.3 Å². The maximum atomic E-state index is 11.3. The minimum absolute atomic E-state index is 0.0278. The predicted molar refractivity (Wildman–Crippen MR) is 135 cm³/mol. The van der Waals surface area contributed by atoms with E-state index in [0.717, 1.165) is 81.1 Å². The number of carbonyl (C=O) groups is 2. The molecule has 0 aliphatic carbocycles. The number of nitrogens with one attached hydrogen (secondary N) is 1. The quantitative estimate of drug-likeness (QED) is 0.314. The Labute approximate surface area is 216 Å². The van der Waals surface area contributed by atoms with Crippen molar-refractivity contribution >= 4 is 47.0 Å². The number of benzene rings is 2. The van der Waals surface area contributed by atoms with Crippen molar-refractivity contribution in [3.63, 3.8) is 0 Å². The summed E-state index contributed by atoms with van der Waals surface area (Å²) in [5.74, 6) is 1.72. The molecule has 0 unspecified atom stereocenters. The molecule has 1 N–H and O–H groups in total. The van der Waals surface area contributed by atoms with Crippen LogP contribution in [-0.2, 0) is 11.4 Å².